The first-order valence-corrected chi connectivity index (χ1v) is 5.85. The van der Waals surface area contributed by atoms with Crippen LogP contribution in [0.5, 0.6) is 0 Å². The van der Waals surface area contributed by atoms with Crippen LogP contribution in [-0.4, -0.2) is 49.7 Å². The van der Waals surface area contributed by atoms with Crippen molar-refractivity contribution in [3.63, 3.8) is 0 Å². The Morgan fingerprint density at radius 1 is 1.53 bits per heavy atom. The van der Waals surface area contributed by atoms with E-state index in [9.17, 15) is 4.79 Å². The maximum atomic E-state index is 11.9. The van der Waals surface area contributed by atoms with Crippen LogP contribution in [0.1, 0.15) is 25.7 Å². The molecule has 1 aliphatic carbocycles. The summed E-state index contributed by atoms with van der Waals surface area (Å²) in [6, 6.07) is 0.494. The van der Waals surface area contributed by atoms with E-state index >= 15 is 0 Å². The van der Waals surface area contributed by atoms with E-state index in [0.717, 1.165) is 19.7 Å². The Bertz CT molecular complexity index is 223. The Labute approximate surface area is 91.0 Å². The molecule has 1 saturated carbocycles. The molecule has 0 aromatic rings. The van der Waals surface area contributed by atoms with Crippen molar-refractivity contribution in [3.8, 4) is 0 Å². The summed E-state index contributed by atoms with van der Waals surface area (Å²) in [5.74, 6) is 0.230. The first kappa shape index (κ1) is 10.9. The number of hydrogen-bond donors (Lipinski definition) is 1. The molecule has 0 aromatic carbocycles. The summed E-state index contributed by atoms with van der Waals surface area (Å²) < 4.78 is 5.52. The Kier molecular flexibility index (Phi) is 3.59. The van der Waals surface area contributed by atoms with Crippen molar-refractivity contribution in [1.29, 1.82) is 0 Å². The Balaban J connectivity index is 1.74. The standard InChI is InChI=1S/C11H20N2O2/c1-13(9-3-2-4-9)11(14)7-10-8-12-5-6-15-10/h9-10,12H,2-8H2,1H3. The quantitative estimate of drug-likeness (QED) is 0.735. The van der Waals surface area contributed by atoms with Gasteiger partial charge in [0.15, 0.2) is 0 Å². The van der Waals surface area contributed by atoms with Crippen LogP contribution in [0.3, 0.4) is 0 Å². The van der Waals surface area contributed by atoms with E-state index in [1.807, 2.05) is 11.9 Å². The molecule has 4 heteroatoms. The highest BCUT2D eigenvalue weighted by molar-refractivity contribution is 5.76. The van der Waals surface area contributed by atoms with Crippen LogP contribution >= 0.6 is 0 Å². The SMILES string of the molecule is CN(C(=O)CC1CNCCO1)C1CCC1. The summed E-state index contributed by atoms with van der Waals surface area (Å²) >= 11 is 0. The lowest BCUT2D eigenvalue weighted by Crippen LogP contribution is -2.45. The molecule has 2 rings (SSSR count). The van der Waals surface area contributed by atoms with E-state index in [2.05, 4.69) is 5.32 Å². The third-order valence-electron chi connectivity index (χ3n) is 3.42. The molecule has 1 aliphatic heterocycles. The molecule has 1 N–H and O–H groups in total. The van der Waals surface area contributed by atoms with Crippen molar-refractivity contribution >= 4 is 5.91 Å². The third-order valence-corrected chi connectivity index (χ3v) is 3.42. The van der Waals surface area contributed by atoms with Gasteiger partial charge in [-0.05, 0) is 19.3 Å². The molecule has 1 amide bonds. The van der Waals surface area contributed by atoms with Gasteiger partial charge in [0.1, 0.15) is 0 Å². The van der Waals surface area contributed by atoms with Gasteiger partial charge in [-0.25, -0.2) is 0 Å². The predicted molar refractivity (Wildman–Crippen MR) is 57.6 cm³/mol. The lowest BCUT2D eigenvalue weighted by molar-refractivity contribution is -0.137. The molecule has 1 atom stereocenters. The van der Waals surface area contributed by atoms with Crippen molar-refractivity contribution in [3.05, 3.63) is 0 Å². The minimum atomic E-state index is 0.0776. The Morgan fingerprint density at radius 2 is 2.33 bits per heavy atom. The molecular weight excluding hydrogens is 192 g/mol. The van der Waals surface area contributed by atoms with Crippen molar-refractivity contribution in [2.45, 2.75) is 37.8 Å². The molecule has 1 heterocycles. The van der Waals surface area contributed by atoms with Crippen molar-refractivity contribution in [2.24, 2.45) is 0 Å². The Morgan fingerprint density at radius 3 is 2.87 bits per heavy atom. The first-order chi connectivity index (χ1) is 7.27. The monoisotopic (exact) mass is 212 g/mol. The third kappa shape index (κ3) is 2.69. The average Bonchev–Trinajstić information content (AvgIpc) is 2.16. The molecule has 1 unspecified atom stereocenters. The number of morpholine rings is 1. The van der Waals surface area contributed by atoms with Crippen LogP contribution in [0.4, 0.5) is 0 Å². The van der Waals surface area contributed by atoms with E-state index in [0.29, 0.717) is 12.5 Å². The lowest BCUT2D eigenvalue weighted by atomic mass is 9.91. The van der Waals surface area contributed by atoms with Gasteiger partial charge in [0.25, 0.3) is 0 Å². The molecule has 0 aromatic heterocycles. The minimum Gasteiger partial charge on any atom is -0.375 e. The van der Waals surface area contributed by atoms with E-state index < -0.39 is 0 Å². The van der Waals surface area contributed by atoms with E-state index in [1.165, 1.54) is 19.3 Å². The van der Waals surface area contributed by atoms with E-state index in [-0.39, 0.29) is 12.0 Å². The second-order valence-corrected chi connectivity index (χ2v) is 4.49. The van der Waals surface area contributed by atoms with Crippen LogP contribution in [0.25, 0.3) is 0 Å². The highest BCUT2D eigenvalue weighted by atomic mass is 16.5. The summed E-state index contributed by atoms with van der Waals surface area (Å²) in [5, 5.41) is 3.24. The predicted octanol–water partition coefficient (Wildman–Crippen LogP) is 0.376. The maximum Gasteiger partial charge on any atom is 0.225 e. The fraction of sp³-hybridized carbons (Fsp3) is 0.909. The number of rotatable bonds is 3. The van der Waals surface area contributed by atoms with Crippen molar-refractivity contribution in [1.82, 2.24) is 10.2 Å². The highest BCUT2D eigenvalue weighted by Gasteiger charge is 2.27. The van der Waals surface area contributed by atoms with Gasteiger partial charge in [-0.1, -0.05) is 0 Å². The van der Waals surface area contributed by atoms with E-state index in [1.54, 1.807) is 0 Å². The average molecular weight is 212 g/mol. The molecule has 4 nitrogen and oxygen atoms in total. The van der Waals surface area contributed by atoms with Gasteiger partial charge in [0, 0.05) is 26.2 Å². The van der Waals surface area contributed by atoms with Crippen LogP contribution in [-0.2, 0) is 9.53 Å². The Hall–Kier alpha value is -0.610. The van der Waals surface area contributed by atoms with Gasteiger partial charge in [-0.3, -0.25) is 4.79 Å². The molecule has 0 radical (unpaired) electrons. The molecular formula is C11H20N2O2. The largest absolute Gasteiger partial charge is 0.375 e. The number of hydrogen-bond acceptors (Lipinski definition) is 3. The second-order valence-electron chi connectivity index (χ2n) is 4.49. The first-order valence-electron chi connectivity index (χ1n) is 5.85. The fourth-order valence-electron chi connectivity index (χ4n) is 2.07. The zero-order valence-corrected chi connectivity index (χ0v) is 9.37. The molecule has 2 fully saturated rings. The van der Waals surface area contributed by atoms with Gasteiger partial charge < -0.3 is 15.0 Å². The minimum absolute atomic E-state index is 0.0776. The summed E-state index contributed by atoms with van der Waals surface area (Å²) in [6.07, 6.45) is 4.22. The molecule has 0 bridgehead atoms. The normalized spacial score (nSPS) is 27.1. The summed E-state index contributed by atoms with van der Waals surface area (Å²) in [5.41, 5.74) is 0. The molecule has 1 saturated heterocycles. The number of carbonyl (C=O) groups is 1. The number of nitrogens with one attached hydrogen (secondary N) is 1. The van der Waals surface area contributed by atoms with Crippen molar-refractivity contribution in [2.75, 3.05) is 26.7 Å². The van der Waals surface area contributed by atoms with Gasteiger partial charge in [-0.2, -0.15) is 0 Å². The van der Waals surface area contributed by atoms with E-state index in [4.69, 9.17) is 4.74 Å². The highest BCUT2D eigenvalue weighted by Crippen LogP contribution is 2.24. The molecule has 0 spiro atoms. The van der Waals surface area contributed by atoms with Crippen LogP contribution in [0.2, 0.25) is 0 Å². The maximum absolute atomic E-state index is 11.9. The second kappa shape index (κ2) is 4.94. The molecule has 15 heavy (non-hydrogen) atoms. The summed E-state index contributed by atoms with van der Waals surface area (Å²) in [4.78, 5) is 13.8. The van der Waals surface area contributed by atoms with Crippen LogP contribution < -0.4 is 5.32 Å². The topological polar surface area (TPSA) is 41.6 Å². The van der Waals surface area contributed by atoms with Gasteiger partial charge in [-0.15, -0.1) is 0 Å². The lowest BCUT2D eigenvalue weighted by Gasteiger charge is -2.35. The number of ether oxygens (including phenoxy) is 1. The fourth-order valence-corrected chi connectivity index (χ4v) is 2.07. The smallest absolute Gasteiger partial charge is 0.225 e. The number of carbonyl (C=O) groups excluding carboxylic acids is 1. The summed E-state index contributed by atoms with van der Waals surface area (Å²) in [7, 11) is 1.92. The van der Waals surface area contributed by atoms with Gasteiger partial charge in [0.05, 0.1) is 19.1 Å². The summed E-state index contributed by atoms with van der Waals surface area (Å²) in [6.45, 7) is 2.44. The van der Waals surface area contributed by atoms with Crippen LogP contribution in [0, 0.1) is 0 Å². The van der Waals surface area contributed by atoms with Crippen molar-refractivity contribution < 1.29 is 9.53 Å². The molecule has 86 valence electrons. The molecule has 2 aliphatic rings. The number of amides is 1. The zero-order valence-electron chi connectivity index (χ0n) is 9.37. The zero-order chi connectivity index (χ0) is 10.7. The van der Waals surface area contributed by atoms with Gasteiger partial charge in [0.2, 0.25) is 5.91 Å². The van der Waals surface area contributed by atoms with Gasteiger partial charge >= 0.3 is 0 Å². The number of nitrogens with zero attached hydrogens (tertiary/aromatic N) is 1. The van der Waals surface area contributed by atoms with Crippen LogP contribution in [0.15, 0.2) is 0 Å².